The van der Waals surface area contributed by atoms with Crippen LogP contribution in [0, 0.1) is 5.92 Å². The molecule has 1 aliphatic rings. The molecule has 0 amide bonds. The summed E-state index contributed by atoms with van der Waals surface area (Å²) in [6, 6.07) is 0.447. The van der Waals surface area contributed by atoms with Gasteiger partial charge in [0.05, 0.1) is 6.54 Å². The second-order valence-electron chi connectivity index (χ2n) is 4.42. The van der Waals surface area contributed by atoms with Crippen LogP contribution in [0.5, 0.6) is 0 Å². The Hall–Kier alpha value is -0.970. The molecule has 1 aliphatic carbocycles. The van der Waals surface area contributed by atoms with Gasteiger partial charge in [0.25, 0.3) is 0 Å². The molecule has 16 heavy (non-hydrogen) atoms. The maximum atomic E-state index is 12.5. The van der Waals surface area contributed by atoms with Gasteiger partial charge in [-0.15, -0.1) is 0 Å². The van der Waals surface area contributed by atoms with E-state index in [2.05, 4.69) is 17.2 Å². The standard InChI is InChI=1S/C11H17F2N3/c1-8-3-2-4-9(8)15-7-10-14-5-6-16(10)11(12)13/h5-6,8-9,11,15H,2-4,7H2,1H3. The van der Waals surface area contributed by atoms with Gasteiger partial charge in [-0.05, 0) is 18.8 Å². The molecule has 2 rings (SSSR count). The quantitative estimate of drug-likeness (QED) is 0.860. The van der Waals surface area contributed by atoms with E-state index in [9.17, 15) is 8.78 Å². The summed E-state index contributed by atoms with van der Waals surface area (Å²) in [5.41, 5.74) is 0. The van der Waals surface area contributed by atoms with E-state index in [-0.39, 0.29) is 0 Å². The van der Waals surface area contributed by atoms with Crippen molar-refractivity contribution in [2.45, 2.75) is 45.3 Å². The molecule has 1 saturated carbocycles. The molecule has 1 aromatic rings. The predicted octanol–water partition coefficient (Wildman–Crippen LogP) is 2.56. The van der Waals surface area contributed by atoms with Gasteiger partial charge in [-0.25, -0.2) is 4.98 Å². The summed E-state index contributed by atoms with van der Waals surface area (Å²) in [5.74, 6) is 1.05. The number of nitrogens with zero attached hydrogens (tertiary/aromatic N) is 2. The number of alkyl halides is 2. The second-order valence-corrected chi connectivity index (χ2v) is 4.42. The SMILES string of the molecule is CC1CCCC1NCc1nccn1C(F)F. The Bertz CT molecular complexity index is 338. The number of rotatable bonds is 4. The Morgan fingerprint density at radius 1 is 1.56 bits per heavy atom. The van der Waals surface area contributed by atoms with Crippen molar-refractivity contribution in [2.75, 3.05) is 0 Å². The summed E-state index contributed by atoms with van der Waals surface area (Å²) in [7, 11) is 0. The van der Waals surface area contributed by atoms with Crippen LogP contribution in [0.4, 0.5) is 8.78 Å². The summed E-state index contributed by atoms with van der Waals surface area (Å²) in [4.78, 5) is 3.94. The molecule has 5 heteroatoms. The van der Waals surface area contributed by atoms with Crippen molar-refractivity contribution >= 4 is 0 Å². The first kappa shape index (κ1) is 11.5. The van der Waals surface area contributed by atoms with E-state index in [0.29, 0.717) is 24.3 Å². The Labute approximate surface area is 93.9 Å². The summed E-state index contributed by atoms with van der Waals surface area (Å²) >= 11 is 0. The van der Waals surface area contributed by atoms with Crippen LogP contribution in [0.1, 0.15) is 38.6 Å². The average Bonchev–Trinajstić information content (AvgIpc) is 2.83. The highest BCUT2D eigenvalue weighted by molar-refractivity contribution is 4.93. The Kier molecular flexibility index (Phi) is 3.53. The van der Waals surface area contributed by atoms with Gasteiger partial charge >= 0.3 is 6.55 Å². The first-order chi connectivity index (χ1) is 7.68. The normalized spacial score (nSPS) is 25.5. The molecule has 1 aromatic heterocycles. The van der Waals surface area contributed by atoms with Crippen LogP contribution in [0.15, 0.2) is 12.4 Å². The van der Waals surface area contributed by atoms with Crippen LogP contribution in [0.3, 0.4) is 0 Å². The number of halogens is 2. The highest BCUT2D eigenvalue weighted by Gasteiger charge is 2.23. The van der Waals surface area contributed by atoms with Gasteiger partial charge in [0.15, 0.2) is 0 Å². The lowest BCUT2D eigenvalue weighted by atomic mass is 10.1. The van der Waals surface area contributed by atoms with Crippen LogP contribution in [0.25, 0.3) is 0 Å². The van der Waals surface area contributed by atoms with E-state index in [1.54, 1.807) is 0 Å². The molecule has 3 nitrogen and oxygen atoms in total. The number of hydrogen-bond acceptors (Lipinski definition) is 2. The fourth-order valence-corrected chi connectivity index (χ4v) is 2.33. The van der Waals surface area contributed by atoms with Crippen molar-refractivity contribution in [1.29, 1.82) is 0 Å². The fraction of sp³-hybridized carbons (Fsp3) is 0.727. The first-order valence-electron chi connectivity index (χ1n) is 5.71. The van der Waals surface area contributed by atoms with E-state index < -0.39 is 6.55 Å². The van der Waals surface area contributed by atoms with Gasteiger partial charge in [-0.1, -0.05) is 13.3 Å². The Morgan fingerprint density at radius 2 is 2.38 bits per heavy atom. The molecule has 1 fully saturated rings. The molecular weight excluding hydrogens is 212 g/mol. The van der Waals surface area contributed by atoms with Gasteiger partial charge in [0, 0.05) is 18.4 Å². The molecule has 1 heterocycles. The molecule has 0 spiro atoms. The Balaban J connectivity index is 1.91. The molecular formula is C11H17F2N3. The van der Waals surface area contributed by atoms with Crippen molar-refractivity contribution in [2.24, 2.45) is 5.92 Å². The number of hydrogen-bond donors (Lipinski definition) is 1. The molecule has 0 radical (unpaired) electrons. The van der Waals surface area contributed by atoms with E-state index in [1.807, 2.05) is 0 Å². The van der Waals surface area contributed by atoms with Crippen LogP contribution < -0.4 is 5.32 Å². The van der Waals surface area contributed by atoms with Crippen LogP contribution >= 0.6 is 0 Å². The minimum Gasteiger partial charge on any atom is -0.307 e. The Morgan fingerprint density at radius 3 is 3.00 bits per heavy atom. The van der Waals surface area contributed by atoms with Crippen molar-refractivity contribution < 1.29 is 8.78 Å². The minimum absolute atomic E-state index is 0.411. The van der Waals surface area contributed by atoms with E-state index in [1.165, 1.54) is 25.2 Å². The zero-order valence-corrected chi connectivity index (χ0v) is 9.37. The summed E-state index contributed by atoms with van der Waals surface area (Å²) < 4.78 is 26.0. The van der Waals surface area contributed by atoms with Crippen molar-refractivity contribution in [3.63, 3.8) is 0 Å². The maximum Gasteiger partial charge on any atom is 0.319 e. The summed E-state index contributed by atoms with van der Waals surface area (Å²) in [5, 5.41) is 3.31. The third-order valence-electron chi connectivity index (χ3n) is 3.34. The van der Waals surface area contributed by atoms with Crippen molar-refractivity contribution in [1.82, 2.24) is 14.9 Å². The predicted molar refractivity (Wildman–Crippen MR) is 57.1 cm³/mol. The molecule has 0 aromatic carbocycles. The van der Waals surface area contributed by atoms with E-state index in [0.717, 1.165) is 11.0 Å². The number of aromatic nitrogens is 2. The maximum absolute atomic E-state index is 12.5. The third kappa shape index (κ3) is 2.40. The highest BCUT2D eigenvalue weighted by atomic mass is 19.3. The van der Waals surface area contributed by atoms with Crippen LogP contribution in [0.2, 0.25) is 0 Å². The lowest BCUT2D eigenvalue weighted by Crippen LogP contribution is -2.31. The van der Waals surface area contributed by atoms with Gasteiger partial charge in [-0.2, -0.15) is 8.78 Å². The lowest BCUT2D eigenvalue weighted by Gasteiger charge is -2.17. The molecule has 1 N–H and O–H groups in total. The zero-order valence-electron chi connectivity index (χ0n) is 9.37. The number of imidazole rings is 1. The van der Waals surface area contributed by atoms with Gasteiger partial charge in [0.1, 0.15) is 5.82 Å². The van der Waals surface area contributed by atoms with Crippen LogP contribution in [-0.4, -0.2) is 15.6 Å². The fourth-order valence-electron chi connectivity index (χ4n) is 2.33. The molecule has 0 saturated heterocycles. The molecule has 0 bridgehead atoms. The van der Waals surface area contributed by atoms with Gasteiger partial charge in [0.2, 0.25) is 0 Å². The first-order valence-corrected chi connectivity index (χ1v) is 5.71. The highest BCUT2D eigenvalue weighted by Crippen LogP contribution is 2.25. The average molecular weight is 229 g/mol. The number of nitrogens with one attached hydrogen (secondary N) is 1. The summed E-state index contributed by atoms with van der Waals surface area (Å²) in [6.07, 6.45) is 6.32. The monoisotopic (exact) mass is 229 g/mol. The summed E-state index contributed by atoms with van der Waals surface area (Å²) in [6.45, 7) is 0.122. The van der Waals surface area contributed by atoms with E-state index in [4.69, 9.17) is 0 Å². The largest absolute Gasteiger partial charge is 0.319 e. The molecule has 2 atom stereocenters. The lowest BCUT2D eigenvalue weighted by molar-refractivity contribution is 0.0664. The van der Waals surface area contributed by atoms with Crippen molar-refractivity contribution in [3.05, 3.63) is 18.2 Å². The molecule has 2 unspecified atom stereocenters. The molecule has 0 aliphatic heterocycles. The van der Waals surface area contributed by atoms with Gasteiger partial charge < -0.3 is 5.32 Å². The smallest absolute Gasteiger partial charge is 0.307 e. The minimum atomic E-state index is -2.50. The van der Waals surface area contributed by atoms with E-state index >= 15 is 0 Å². The zero-order chi connectivity index (χ0) is 11.5. The second kappa shape index (κ2) is 4.91. The van der Waals surface area contributed by atoms with Crippen molar-refractivity contribution in [3.8, 4) is 0 Å². The van der Waals surface area contributed by atoms with Gasteiger partial charge in [-0.3, -0.25) is 4.57 Å². The third-order valence-corrected chi connectivity index (χ3v) is 3.34. The topological polar surface area (TPSA) is 29.9 Å². The van der Waals surface area contributed by atoms with Crippen LogP contribution in [-0.2, 0) is 6.54 Å². The molecule has 90 valence electrons.